The Balaban J connectivity index is 1.20. The molecular formula is C26H30N2O5S. The summed E-state index contributed by atoms with van der Waals surface area (Å²) in [6.07, 6.45) is 1.72. The van der Waals surface area contributed by atoms with Crippen molar-refractivity contribution < 1.29 is 24.2 Å². The maximum atomic E-state index is 12.6. The van der Waals surface area contributed by atoms with Gasteiger partial charge < -0.3 is 20.1 Å². The highest BCUT2D eigenvalue weighted by Crippen LogP contribution is 2.44. The molecule has 1 aliphatic carbocycles. The fraction of sp³-hybridized carbons (Fsp3) is 0.423. The van der Waals surface area contributed by atoms with Gasteiger partial charge in [0.1, 0.15) is 12.6 Å². The smallest absolute Gasteiger partial charge is 0.407 e. The Morgan fingerprint density at radius 1 is 1.06 bits per heavy atom. The number of aliphatic carboxylic acids is 1. The lowest BCUT2D eigenvalue weighted by Gasteiger charge is -2.26. The average Bonchev–Trinajstić information content (AvgIpc) is 3.42. The van der Waals surface area contributed by atoms with Gasteiger partial charge in [0.05, 0.1) is 5.37 Å². The lowest BCUT2D eigenvalue weighted by atomic mass is 9.98. The van der Waals surface area contributed by atoms with Gasteiger partial charge in [-0.3, -0.25) is 4.79 Å². The predicted molar refractivity (Wildman–Crippen MR) is 132 cm³/mol. The second-order valence-corrected chi connectivity index (χ2v) is 9.77. The van der Waals surface area contributed by atoms with E-state index < -0.39 is 18.1 Å². The number of carboxylic acid groups (broad SMARTS) is 1. The van der Waals surface area contributed by atoms with Crippen LogP contribution in [-0.4, -0.2) is 58.3 Å². The van der Waals surface area contributed by atoms with Crippen molar-refractivity contribution in [3.8, 4) is 11.1 Å². The Labute approximate surface area is 203 Å². The third-order valence-electron chi connectivity index (χ3n) is 6.45. The van der Waals surface area contributed by atoms with Crippen molar-refractivity contribution in [2.75, 3.05) is 18.9 Å². The molecule has 2 amide bonds. The number of benzene rings is 2. The van der Waals surface area contributed by atoms with Crippen molar-refractivity contribution >= 4 is 29.7 Å². The van der Waals surface area contributed by atoms with Crippen LogP contribution in [0, 0.1) is 0 Å². The second-order valence-electron chi connectivity index (χ2n) is 8.56. The number of nitrogens with zero attached hydrogens (tertiary/aromatic N) is 1. The number of alkyl carbamates (subject to hydrolysis) is 1. The van der Waals surface area contributed by atoms with E-state index in [0.29, 0.717) is 25.1 Å². The van der Waals surface area contributed by atoms with E-state index in [-0.39, 0.29) is 30.2 Å². The number of fused-ring (bicyclic) bond motifs is 3. The number of carboxylic acids is 1. The number of ether oxygens (including phenoxy) is 1. The standard InChI is InChI=1S/C26H30N2O5S/c1-2-24-28(22(16-34-24)25(30)31)23(29)13-7-8-14-27-26(32)33-15-21-19-11-5-3-9-17(19)18-10-4-6-12-20(18)21/h3-6,9-12,21-22,24H,2,7-8,13-16H2,1H3,(H,27,32)(H,30,31). The molecule has 4 rings (SSSR count). The molecule has 2 aliphatic rings. The van der Waals surface area contributed by atoms with Gasteiger partial charge in [-0.25, -0.2) is 9.59 Å². The minimum atomic E-state index is -0.950. The van der Waals surface area contributed by atoms with E-state index in [0.717, 1.165) is 6.42 Å². The van der Waals surface area contributed by atoms with Gasteiger partial charge in [-0.1, -0.05) is 55.5 Å². The zero-order valence-electron chi connectivity index (χ0n) is 19.2. The second kappa shape index (κ2) is 11.0. The molecule has 0 saturated carbocycles. The number of hydrogen-bond acceptors (Lipinski definition) is 5. The normalized spacial score (nSPS) is 18.9. The summed E-state index contributed by atoms with van der Waals surface area (Å²) in [5.41, 5.74) is 4.70. The number of hydrogen-bond donors (Lipinski definition) is 2. The maximum Gasteiger partial charge on any atom is 0.407 e. The lowest BCUT2D eigenvalue weighted by molar-refractivity contribution is -0.149. The zero-order valence-corrected chi connectivity index (χ0v) is 20.1. The van der Waals surface area contributed by atoms with Gasteiger partial charge in [-0.05, 0) is 41.5 Å². The van der Waals surface area contributed by atoms with Crippen molar-refractivity contribution in [1.29, 1.82) is 0 Å². The van der Waals surface area contributed by atoms with E-state index in [4.69, 9.17) is 4.74 Å². The molecule has 1 fully saturated rings. The molecule has 0 radical (unpaired) electrons. The van der Waals surface area contributed by atoms with Crippen LogP contribution in [0.1, 0.15) is 49.7 Å². The van der Waals surface area contributed by atoms with Crippen molar-refractivity contribution in [2.24, 2.45) is 0 Å². The molecule has 0 spiro atoms. The molecule has 0 aromatic heterocycles. The maximum absolute atomic E-state index is 12.6. The first-order chi connectivity index (χ1) is 16.5. The summed E-state index contributed by atoms with van der Waals surface area (Å²) in [7, 11) is 0. The van der Waals surface area contributed by atoms with Crippen LogP contribution in [0.3, 0.4) is 0 Å². The fourth-order valence-electron chi connectivity index (χ4n) is 4.77. The number of nitrogens with one attached hydrogen (secondary N) is 1. The highest BCUT2D eigenvalue weighted by atomic mass is 32.2. The van der Waals surface area contributed by atoms with Crippen molar-refractivity contribution in [2.45, 2.75) is 49.9 Å². The molecule has 1 aliphatic heterocycles. The molecule has 2 aromatic rings. The SMILES string of the molecule is CCC1SCC(C(=O)O)N1C(=O)CCCCNC(=O)OCC1c2ccccc2-c2ccccc21. The molecule has 1 saturated heterocycles. The third-order valence-corrected chi connectivity index (χ3v) is 7.90. The van der Waals surface area contributed by atoms with Crippen molar-refractivity contribution in [3.05, 3.63) is 59.7 Å². The Bertz CT molecular complexity index is 1010. The molecule has 2 aromatic carbocycles. The summed E-state index contributed by atoms with van der Waals surface area (Å²) in [5, 5.41) is 12.1. The number of thioether (sulfide) groups is 1. The Morgan fingerprint density at radius 3 is 2.32 bits per heavy atom. The monoisotopic (exact) mass is 482 g/mol. The lowest BCUT2D eigenvalue weighted by Crippen LogP contribution is -2.45. The van der Waals surface area contributed by atoms with Crippen LogP contribution in [0.5, 0.6) is 0 Å². The van der Waals surface area contributed by atoms with Crippen LogP contribution in [0.2, 0.25) is 0 Å². The zero-order chi connectivity index (χ0) is 24.1. The van der Waals surface area contributed by atoms with Gasteiger partial charge >= 0.3 is 12.1 Å². The van der Waals surface area contributed by atoms with Crippen LogP contribution >= 0.6 is 11.8 Å². The summed E-state index contributed by atoms with van der Waals surface area (Å²) in [6, 6.07) is 15.6. The molecular weight excluding hydrogens is 452 g/mol. The Kier molecular flexibility index (Phi) is 7.77. The summed E-state index contributed by atoms with van der Waals surface area (Å²) in [6.45, 7) is 2.62. The van der Waals surface area contributed by atoms with E-state index in [1.165, 1.54) is 38.9 Å². The topological polar surface area (TPSA) is 95.9 Å². The van der Waals surface area contributed by atoms with E-state index in [1.807, 2.05) is 31.2 Å². The minimum absolute atomic E-state index is 0.0165. The van der Waals surface area contributed by atoms with E-state index in [1.54, 1.807) is 0 Å². The van der Waals surface area contributed by atoms with Crippen molar-refractivity contribution in [3.63, 3.8) is 0 Å². The summed E-state index contributed by atoms with van der Waals surface area (Å²) >= 11 is 1.52. The largest absolute Gasteiger partial charge is 0.480 e. The molecule has 2 unspecified atom stereocenters. The molecule has 2 atom stereocenters. The van der Waals surface area contributed by atoms with Gasteiger partial charge in [-0.15, -0.1) is 11.8 Å². The summed E-state index contributed by atoms with van der Waals surface area (Å²) < 4.78 is 5.52. The highest BCUT2D eigenvalue weighted by molar-refractivity contribution is 8.00. The van der Waals surface area contributed by atoms with Gasteiger partial charge in [-0.2, -0.15) is 0 Å². The molecule has 1 heterocycles. The van der Waals surface area contributed by atoms with Crippen LogP contribution in [0.25, 0.3) is 11.1 Å². The summed E-state index contributed by atoms with van der Waals surface area (Å²) in [5.74, 6) is -0.634. The fourth-order valence-corrected chi connectivity index (χ4v) is 6.14. The highest BCUT2D eigenvalue weighted by Gasteiger charge is 2.40. The number of carbonyl (C=O) groups is 3. The molecule has 180 valence electrons. The Hall–Kier alpha value is -3.00. The molecule has 8 heteroatoms. The van der Waals surface area contributed by atoms with E-state index in [2.05, 4.69) is 29.6 Å². The first-order valence-corrected chi connectivity index (χ1v) is 12.8. The average molecular weight is 483 g/mol. The van der Waals surface area contributed by atoms with Crippen LogP contribution < -0.4 is 5.32 Å². The first-order valence-electron chi connectivity index (χ1n) is 11.8. The molecule has 0 bridgehead atoms. The predicted octanol–water partition coefficient (Wildman–Crippen LogP) is 4.46. The molecule has 7 nitrogen and oxygen atoms in total. The minimum Gasteiger partial charge on any atom is -0.480 e. The van der Waals surface area contributed by atoms with E-state index >= 15 is 0 Å². The molecule has 2 N–H and O–H groups in total. The van der Waals surface area contributed by atoms with Gasteiger partial charge in [0.2, 0.25) is 5.91 Å². The first kappa shape index (κ1) is 24.1. The number of carbonyl (C=O) groups excluding carboxylic acids is 2. The number of rotatable bonds is 9. The van der Waals surface area contributed by atoms with Gasteiger partial charge in [0.25, 0.3) is 0 Å². The number of unbranched alkanes of at least 4 members (excludes halogenated alkanes) is 1. The van der Waals surface area contributed by atoms with Crippen molar-refractivity contribution in [1.82, 2.24) is 10.2 Å². The Morgan fingerprint density at radius 2 is 1.71 bits per heavy atom. The van der Waals surface area contributed by atoms with Gasteiger partial charge in [0.15, 0.2) is 0 Å². The van der Waals surface area contributed by atoms with Crippen LogP contribution in [0.15, 0.2) is 48.5 Å². The summed E-state index contributed by atoms with van der Waals surface area (Å²) in [4.78, 5) is 37.8. The van der Waals surface area contributed by atoms with Crippen LogP contribution in [0.4, 0.5) is 4.79 Å². The van der Waals surface area contributed by atoms with Crippen LogP contribution in [-0.2, 0) is 14.3 Å². The molecule has 34 heavy (non-hydrogen) atoms. The number of amides is 2. The quantitative estimate of drug-likeness (QED) is 0.513. The van der Waals surface area contributed by atoms with Gasteiger partial charge in [0, 0.05) is 24.6 Å². The third kappa shape index (κ3) is 5.06. The van der Waals surface area contributed by atoms with E-state index in [9.17, 15) is 19.5 Å².